The summed E-state index contributed by atoms with van der Waals surface area (Å²) in [4.78, 5) is 27.2. The molecule has 0 radical (unpaired) electrons. The van der Waals surface area contributed by atoms with Crippen molar-refractivity contribution in [1.29, 1.82) is 0 Å². The molecule has 120 valence electrons. The molecule has 23 heavy (non-hydrogen) atoms. The number of hydrogen-bond acceptors (Lipinski definition) is 5. The van der Waals surface area contributed by atoms with Crippen LogP contribution in [-0.4, -0.2) is 21.7 Å². The molecule has 1 unspecified atom stereocenters. The average Bonchev–Trinajstić information content (AvgIpc) is 3.24. The number of amides is 1. The van der Waals surface area contributed by atoms with E-state index in [1.165, 1.54) is 16.2 Å². The second-order valence-electron chi connectivity index (χ2n) is 5.40. The van der Waals surface area contributed by atoms with Crippen LogP contribution in [0.4, 0.5) is 0 Å². The van der Waals surface area contributed by atoms with Crippen LogP contribution in [0.5, 0.6) is 0 Å². The summed E-state index contributed by atoms with van der Waals surface area (Å²) < 4.78 is 5.65. The van der Waals surface area contributed by atoms with Crippen LogP contribution in [0.25, 0.3) is 0 Å². The molecular weight excluding hydrogens is 314 g/mol. The zero-order valence-corrected chi connectivity index (χ0v) is 13.7. The minimum absolute atomic E-state index is 0.128. The Balaban J connectivity index is 2.04. The second-order valence-corrected chi connectivity index (χ2v) is 6.43. The highest BCUT2D eigenvalue weighted by molar-refractivity contribution is 7.09. The maximum atomic E-state index is 12.5. The van der Waals surface area contributed by atoms with Crippen LogP contribution < -0.4 is 0 Å². The molecule has 2 aromatic rings. The molecule has 1 N–H and O–H groups in total. The second kappa shape index (κ2) is 6.04. The number of Topliss-reactive ketones (excluding diaryl/α,β-unsaturated/α-hetero) is 1. The van der Waals surface area contributed by atoms with Gasteiger partial charge in [0.2, 0.25) is 0 Å². The molecule has 6 heteroatoms. The summed E-state index contributed by atoms with van der Waals surface area (Å²) in [7, 11) is 0. The summed E-state index contributed by atoms with van der Waals surface area (Å²) in [6.45, 7) is 3.83. The van der Waals surface area contributed by atoms with Crippen molar-refractivity contribution in [3.05, 3.63) is 57.4 Å². The Bertz CT molecular complexity index is 772. The third kappa shape index (κ3) is 2.70. The zero-order valence-electron chi connectivity index (χ0n) is 12.9. The van der Waals surface area contributed by atoms with E-state index in [-0.39, 0.29) is 17.8 Å². The van der Waals surface area contributed by atoms with Gasteiger partial charge in [-0.15, -0.1) is 11.3 Å². The quantitative estimate of drug-likeness (QED) is 0.910. The van der Waals surface area contributed by atoms with Crippen molar-refractivity contribution >= 4 is 23.0 Å². The van der Waals surface area contributed by atoms with Crippen LogP contribution in [-0.2, 0) is 16.1 Å². The molecule has 0 saturated carbocycles. The monoisotopic (exact) mass is 331 g/mol. The fourth-order valence-corrected chi connectivity index (χ4v) is 3.46. The molecular formula is C17H17NO4S. The highest BCUT2D eigenvalue weighted by Crippen LogP contribution is 2.40. The van der Waals surface area contributed by atoms with Crippen LogP contribution in [0.3, 0.4) is 0 Å². The minimum Gasteiger partial charge on any atom is -0.503 e. The first-order chi connectivity index (χ1) is 11.0. The lowest BCUT2D eigenvalue weighted by molar-refractivity contribution is -0.130. The number of ketones is 1. The Labute approximate surface area is 137 Å². The number of rotatable bonds is 5. The number of hydrogen-bond donors (Lipinski definition) is 1. The number of aryl methyl sites for hydroxylation is 1. The Morgan fingerprint density at radius 1 is 1.39 bits per heavy atom. The van der Waals surface area contributed by atoms with Crippen LogP contribution in [0.1, 0.15) is 35.8 Å². The van der Waals surface area contributed by atoms with Gasteiger partial charge in [0.05, 0.1) is 12.1 Å². The van der Waals surface area contributed by atoms with Crippen LogP contribution in [0.15, 0.2) is 45.4 Å². The summed E-state index contributed by atoms with van der Waals surface area (Å²) in [6.07, 6.45) is 0.218. The SMILES string of the molecule is CCC(=O)C1=C(O)C(=O)N(Cc2cccs2)C1c1ccc(C)o1. The van der Waals surface area contributed by atoms with E-state index in [4.69, 9.17) is 4.42 Å². The van der Waals surface area contributed by atoms with E-state index in [2.05, 4.69) is 0 Å². The number of aliphatic hydroxyl groups excluding tert-OH is 1. The topological polar surface area (TPSA) is 70.8 Å². The van der Waals surface area contributed by atoms with Crippen LogP contribution in [0, 0.1) is 6.92 Å². The number of thiophene rings is 1. The molecule has 2 aromatic heterocycles. The number of carbonyl (C=O) groups excluding carboxylic acids is 2. The van der Waals surface area contributed by atoms with Gasteiger partial charge in [0, 0.05) is 11.3 Å². The molecule has 1 aliphatic rings. The lowest BCUT2D eigenvalue weighted by Crippen LogP contribution is -2.30. The maximum Gasteiger partial charge on any atom is 0.290 e. The number of nitrogens with zero attached hydrogens (tertiary/aromatic N) is 1. The molecule has 0 saturated heterocycles. The molecule has 5 nitrogen and oxygen atoms in total. The first kappa shape index (κ1) is 15.6. The first-order valence-corrected chi connectivity index (χ1v) is 8.27. The molecule has 0 spiro atoms. The lowest BCUT2D eigenvalue weighted by atomic mass is 10.00. The van der Waals surface area contributed by atoms with Gasteiger partial charge < -0.3 is 14.4 Å². The van der Waals surface area contributed by atoms with E-state index in [0.717, 1.165) is 4.88 Å². The van der Waals surface area contributed by atoms with Crippen LogP contribution in [0.2, 0.25) is 0 Å². The molecule has 1 amide bonds. The summed E-state index contributed by atoms with van der Waals surface area (Å²) >= 11 is 1.52. The number of carbonyl (C=O) groups is 2. The van der Waals surface area contributed by atoms with Gasteiger partial charge in [0.1, 0.15) is 17.6 Å². The molecule has 3 rings (SSSR count). The molecule has 0 fully saturated rings. The highest BCUT2D eigenvalue weighted by Gasteiger charge is 2.44. The van der Waals surface area contributed by atoms with Crippen LogP contribution >= 0.6 is 11.3 Å². The minimum atomic E-state index is -0.675. The Hall–Kier alpha value is -2.34. The van der Waals surface area contributed by atoms with Gasteiger partial charge >= 0.3 is 0 Å². The Morgan fingerprint density at radius 3 is 2.74 bits per heavy atom. The summed E-state index contributed by atoms with van der Waals surface area (Å²) in [5.41, 5.74) is 0.128. The van der Waals surface area contributed by atoms with Crippen molar-refractivity contribution in [2.75, 3.05) is 0 Å². The summed E-state index contributed by atoms with van der Waals surface area (Å²) in [6, 6.07) is 6.67. The fourth-order valence-electron chi connectivity index (χ4n) is 2.76. The first-order valence-electron chi connectivity index (χ1n) is 7.39. The molecule has 0 aromatic carbocycles. The molecule has 0 aliphatic carbocycles. The highest BCUT2D eigenvalue weighted by atomic mass is 32.1. The largest absolute Gasteiger partial charge is 0.503 e. The van der Waals surface area contributed by atoms with E-state index in [1.54, 1.807) is 26.0 Å². The normalized spacial score (nSPS) is 18.1. The van der Waals surface area contributed by atoms with Gasteiger partial charge in [-0.3, -0.25) is 9.59 Å². The molecule has 3 heterocycles. The summed E-state index contributed by atoms with van der Waals surface area (Å²) in [5.74, 6) is -0.0586. The fraction of sp³-hybridized carbons (Fsp3) is 0.294. The third-order valence-corrected chi connectivity index (χ3v) is 4.72. The van der Waals surface area contributed by atoms with Crippen molar-refractivity contribution in [3.63, 3.8) is 0 Å². The smallest absolute Gasteiger partial charge is 0.290 e. The van der Waals surface area contributed by atoms with E-state index in [1.807, 2.05) is 17.5 Å². The van der Waals surface area contributed by atoms with Crippen molar-refractivity contribution in [1.82, 2.24) is 4.90 Å². The Kier molecular flexibility index (Phi) is 4.09. The van der Waals surface area contributed by atoms with Gasteiger partial charge in [0.15, 0.2) is 11.5 Å². The number of furan rings is 1. The zero-order chi connectivity index (χ0) is 16.6. The van der Waals surface area contributed by atoms with Crippen molar-refractivity contribution < 1.29 is 19.1 Å². The van der Waals surface area contributed by atoms with E-state index in [0.29, 0.717) is 18.1 Å². The molecule has 1 atom stereocenters. The van der Waals surface area contributed by atoms with Gasteiger partial charge in [-0.2, -0.15) is 0 Å². The Morgan fingerprint density at radius 2 is 2.17 bits per heavy atom. The van der Waals surface area contributed by atoms with Crippen molar-refractivity contribution in [2.45, 2.75) is 32.9 Å². The van der Waals surface area contributed by atoms with Crippen molar-refractivity contribution in [3.8, 4) is 0 Å². The van der Waals surface area contributed by atoms with E-state index in [9.17, 15) is 14.7 Å². The maximum absolute atomic E-state index is 12.5. The summed E-state index contributed by atoms with van der Waals surface area (Å²) in [5, 5.41) is 12.1. The third-order valence-electron chi connectivity index (χ3n) is 3.86. The van der Waals surface area contributed by atoms with Gasteiger partial charge in [-0.1, -0.05) is 13.0 Å². The molecule has 1 aliphatic heterocycles. The van der Waals surface area contributed by atoms with Gasteiger partial charge in [-0.05, 0) is 30.5 Å². The lowest BCUT2D eigenvalue weighted by Gasteiger charge is -2.24. The average molecular weight is 331 g/mol. The van der Waals surface area contributed by atoms with Crippen molar-refractivity contribution in [2.24, 2.45) is 0 Å². The van der Waals surface area contributed by atoms with E-state index >= 15 is 0 Å². The predicted molar refractivity (Wildman–Crippen MR) is 86.0 cm³/mol. The molecule has 0 bridgehead atoms. The predicted octanol–water partition coefficient (Wildman–Crippen LogP) is 3.52. The number of aliphatic hydroxyl groups is 1. The van der Waals surface area contributed by atoms with Gasteiger partial charge in [-0.25, -0.2) is 0 Å². The standard InChI is InChI=1S/C17H17NO4S/c1-3-12(19)14-15(13-7-6-10(2)22-13)18(17(21)16(14)20)9-11-5-4-8-23-11/h4-8,15,20H,3,9H2,1-2H3. The van der Waals surface area contributed by atoms with E-state index < -0.39 is 17.7 Å². The van der Waals surface area contributed by atoms with Gasteiger partial charge in [0.25, 0.3) is 5.91 Å².